The fraction of sp³-hybridized carbons (Fsp3) is 0.786. The van der Waals surface area contributed by atoms with E-state index in [9.17, 15) is 4.79 Å². The van der Waals surface area contributed by atoms with Crippen LogP contribution >= 0.6 is 0 Å². The maximum atomic E-state index is 11.7. The molecule has 2 aliphatic rings. The van der Waals surface area contributed by atoms with Crippen LogP contribution in [-0.2, 0) is 4.74 Å². The molecule has 0 spiro atoms. The first kappa shape index (κ1) is 12.5. The Hall–Kier alpha value is -0.990. The zero-order valence-electron chi connectivity index (χ0n) is 11.0. The van der Waals surface area contributed by atoms with E-state index in [2.05, 4.69) is 17.5 Å². The molecule has 3 heteroatoms. The van der Waals surface area contributed by atoms with E-state index < -0.39 is 5.60 Å². The van der Waals surface area contributed by atoms with Gasteiger partial charge in [0.15, 0.2) is 0 Å². The van der Waals surface area contributed by atoms with Gasteiger partial charge in [0.05, 0.1) is 6.04 Å². The summed E-state index contributed by atoms with van der Waals surface area (Å²) in [5, 5.41) is 3.00. The van der Waals surface area contributed by atoms with E-state index in [-0.39, 0.29) is 12.1 Å². The van der Waals surface area contributed by atoms with Gasteiger partial charge in [0.25, 0.3) is 0 Å². The van der Waals surface area contributed by atoms with Crippen LogP contribution in [0.3, 0.4) is 0 Å². The van der Waals surface area contributed by atoms with Crippen molar-refractivity contribution in [3.8, 4) is 0 Å². The van der Waals surface area contributed by atoms with Crippen LogP contribution in [0, 0.1) is 11.8 Å². The lowest BCUT2D eigenvalue weighted by Gasteiger charge is -2.31. The van der Waals surface area contributed by atoms with Crippen molar-refractivity contribution in [2.75, 3.05) is 0 Å². The zero-order chi connectivity index (χ0) is 12.5. The molecular formula is C14H23NO2. The summed E-state index contributed by atoms with van der Waals surface area (Å²) in [5.41, 5.74) is -0.419. The molecule has 0 saturated heterocycles. The number of hydrogen-bond donors (Lipinski definition) is 1. The molecule has 0 aliphatic heterocycles. The van der Waals surface area contributed by atoms with Crippen molar-refractivity contribution >= 4 is 6.09 Å². The minimum atomic E-state index is -0.419. The molecule has 1 amide bonds. The van der Waals surface area contributed by atoms with Crippen molar-refractivity contribution in [3.63, 3.8) is 0 Å². The lowest BCUT2D eigenvalue weighted by atomic mass is 9.82. The molecule has 1 saturated carbocycles. The highest BCUT2D eigenvalue weighted by molar-refractivity contribution is 5.68. The summed E-state index contributed by atoms with van der Waals surface area (Å²) in [6, 6.07) is 0.172. The number of amides is 1. The van der Waals surface area contributed by atoms with Crippen LogP contribution in [0.5, 0.6) is 0 Å². The Morgan fingerprint density at radius 1 is 1.35 bits per heavy atom. The third kappa shape index (κ3) is 3.24. The Balaban J connectivity index is 1.92. The number of alkyl carbamates (subject to hydrolysis) is 1. The second-order valence-electron chi connectivity index (χ2n) is 6.19. The summed E-state index contributed by atoms with van der Waals surface area (Å²) in [7, 11) is 0. The summed E-state index contributed by atoms with van der Waals surface area (Å²) in [4.78, 5) is 11.7. The maximum Gasteiger partial charge on any atom is 0.408 e. The largest absolute Gasteiger partial charge is 0.444 e. The number of rotatable bonds is 1. The molecule has 0 aromatic rings. The molecule has 2 rings (SSSR count). The highest BCUT2D eigenvalue weighted by Gasteiger charge is 2.35. The van der Waals surface area contributed by atoms with Gasteiger partial charge in [-0.3, -0.25) is 0 Å². The van der Waals surface area contributed by atoms with E-state index in [4.69, 9.17) is 4.74 Å². The smallest absolute Gasteiger partial charge is 0.408 e. The fourth-order valence-electron chi connectivity index (χ4n) is 2.97. The molecule has 3 atom stereocenters. The van der Waals surface area contributed by atoms with Crippen LogP contribution in [0.4, 0.5) is 4.79 Å². The lowest BCUT2D eigenvalue weighted by molar-refractivity contribution is 0.0492. The molecule has 17 heavy (non-hydrogen) atoms. The van der Waals surface area contributed by atoms with Gasteiger partial charge in [0.2, 0.25) is 0 Å². The molecule has 0 radical (unpaired) electrons. The monoisotopic (exact) mass is 237 g/mol. The van der Waals surface area contributed by atoms with Crippen molar-refractivity contribution in [3.05, 3.63) is 12.2 Å². The predicted octanol–water partition coefficient (Wildman–Crippen LogP) is 3.26. The average molecular weight is 237 g/mol. The van der Waals surface area contributed by atoms with Crippen LogP contribution in [0.1, 0.15) is 46.5 Å². The Labute approximate surface area is 104 Å². The number of carbonyl (C=O) groups is 1. The van der Waals surface area contributed by atoms with Crippen LogP contribution < -0.4 is 5.32 Å². The first-order valence-corrected chi connectivity index (χ1v) is 6.62. The number of fused-ring (bicyclic) bond motifs is 1. The Morgan fingerprint density at radius 3 is 2.82 bits per heavy atom. The molecule has 0 aromatic heterocycles. The van der Waals surface area contributed by atoms with E-state index in [1.807, 2.05) is 20.8 Å². The molecule has 0 heterocycles. The van der Waals surface area contributed by atoms with Gasteiger partial charge < -0.3 is 10.1 Å². The zero-order valence-corrected chi connectivity index (χ0v) is 11.0. The highest BCUT2D eigenvalue weighted by Crippen LogP contribution is 2.39. The van der Waals surface area contributed by atoms with Gasteiger partial charge in [0, 0.05) is 0 Å². The standard InChI is InChI=1S/C14H23NO2/c1-14(2,3)17-13(16)15-12-9-5-7-10-6-4-8-11(10)12/h5,9-12H,4,6-8H2,1-3H3,(H,15,16)/t10-,11-,12+/m0/s1. The van der Waals surface area contributed by atoms with Crippen LogP contribution in [0.2, 0.25) is 0 Å². The summed E-state index contributed by atoms with van der Waals surface area (Å²) < 4.78 is 5.30. The molecular weight excluding hydrogens is 214 g/mol. The van der Waals surface area contributed by atoms with Crippen molar-refractivity contribution in [2.45, 2.75) is 58.1 Å². The van der Waals surface area contributed by atoms with E-state index >= 15 is 0 Å². The predicted molar refractivity (Wildman–Crippen MR) is 67.7 cm³/mol. The second-order valence-corrected chi connectivity index (χ2v) is 6.19. The average Bonchev–Trinajstić information content (AvgIpc) is 2.63. The third-order valence-electron chi connectivity index (χ3n) is 3.64. The number of hydrogen-bond acceptors (Lipinski definition) is 2. The quantitative estimate of drug-likeness (QED) is 0.711. The third-order valence-corrected chi connectivity index (χ3v) is 3.64. The normalized spacial score (nSPS) is 32.1. The number of allylic oxidation sites excluding steroid dienone is 1. The summed E-state index contributed by atoms with van der Waals surface area (Å²) >= 11 is 0. The van der Waals surface area contributed by atoms with E-state index in [1.54, 1.807) is 0 Å². The van der Waals surface area contributed by atoms with Crippen LogP contribution in [0.15, 0.2) is 12.2 Å². The van der Waals surface area contributed by atoms with Gasteiger partial charge in [-0.25, -0.2) is 4.79 Å². The van der Waals surface area contributed by atoms with Gasteiger partial charge in [-0.15, -0.1) is 0 Å². The molecule has 1 N–H and O–H groups in total. The van der Waals surface area contributed by atoms with Crippen molar-refractivity contribution in [1.29, 1.82) is 0 Å². The van der Waals surface area contributed by atoms with Gasteiger partial charge >= 0.3 is 6.09 Å². The molecule has 3 nitrogen and oxygen atoms in total. The summed E-state index contributed by atoms with van der Waals surface area (Å²) in [5.74, 6) is 1.38. The Kier molecular flexibility index (Phi) is 3.45. The fourth-order valence-corrected chi connectivity index (χ4v) is 2.97. The van der Waals surface area contributed by atoms with Crippen LogP contribution in [-0.4, -0.2) is 17.7 Å². The molecule has 0 bridgehead atoms. The number of nitrogens with one attached hydrogen (secondary N) is 1. The lowest BCUT2D eigenvalue weighted by Crippen LogP contribution is -2.44. The second kappa shape index (κ2) is 4.71. The maximum absolute atomic E-state index is 11.7. The van der Waals surface area contributed by atoms with Crippen molar-refractivity contribution in [2.24, 2.45) is 11.8 Å². The SMILES string of the molecule is CC(C)(C)OC(=O)N[C@@H]1C=CC[C@@H]2CCC[C@@H]21. The number of carbonyl (C=O) groups excluding carboxylic acids is 1. The molecule has 1 fully saturated rings. The van der Waals surface area contributed by atoms with E-state index in [1.165, 1.54) is 25.7 Å². The van der Waals surface area contributed by atoms with Gasteiger partial charge in [-0.2, -0.15) is 0 Å². The van der Waals surface area contributed by atoms with Gasteiger partial charge in [0.1, 0.15) is 5.60 Å². The highest BCUT2D eigenvalue weighted by atomic mass is 16.6. The van der Waals surface area contributed by atoms with Crippen molar-refractivity contribution < 1.29 is 9.53 Å². The Bertz CT molecular complexity index is 317. The first-order chi connectivity index (χ1) is 7.96. The number of ether oxygens (including phenoxy) is 1. The van der Waals surface area contributed by atoms with E-state index in [0.717, 1.165) is 5.92 Å². The van der Waals surface area contributed by atoms with Gasteiger partial charge in [-0.1, -0.05) is 18.6 Å². The van der Waals surface area contributed by atoms with Crippen molar-refractivity contribution in [1.82, 2.24) is 5.32 Å². The minimum absolute atomic E-state index is 0.172. The topological polar surface area (TPSA) is 38.3 Å². The summed E-state index contributed by atoms with van der Waals surface area (Å²) in [6.07, 6.45) is 9.06. The van der Waals surface area contributed by atoms with Gasteiger partial charge in [-0.05, 0) is 51.9 Å². The molecule has 0 unspecified atom stereocenters. The Morgan fingerprint density at radius 2 is 2.12 bits per heavy atom. The van der Waals surface area contributed by atoms with Crippen LogP contribution in [0.25, 0.3) is 0 Å². The first-order valence-electron chi connectivity index (χ1n) is 6.62. The molecule has 0 aromatic carbocycles. The minimum Gasteiger partial charge on any atom is -0.444 e. The molecule has 96 valence electrons. The molecule has 2 aliphatic carbocycles. The van der Waals surface area contributed by atoms with E-state index in [0.29, 0.717) is 5.92 Å². The summed E-state index contributed by atoms with van der Waals surface area (Å²) in [6.45, 7) is 5.67.